The van der Waals surface area contributed by atoms with Crippen LogP contribution in [-0.4, -0.2) is 16.8 Å². The zero-order valence-corrected chi connectivity index (χ0v) is 11.2. The lowest BCUT2D eigenvalue weighted by Gasteiger charge is -2.20. The molecule has 0 spiro atoms. The van der Waals surface area contributed by atoms with Gasteiger partial charge in [-0.25, -0.2) is 4.79 Å². The van der Waals surface area contributed by atoms with Crippen LogP contribution in [0.1, 0.15) is 20.8 Å². The minimum atomic E-state index is -0.660. The van der Waals surface area contributed by atoms with Gasteiger partial charge in [-0.2, -0.15) is 0 Å². The average Bonchev–Trinajstić information content (AvgIpc) is 2.08. The lowest BCUT2D eigenvalue weighted by Crippen LogP contribution is -2.27. The predicted molar refractivity (Wildman–Crippen MR) is 68.0 cm³/mol. The zero-order valence-electron chi connectivity index (χ0n) is 9.67. The maximum atomic E-state index is 11.5. The number of ether oxygens (including phenoxy) is 1. The summed E-state index contributed by atoms with van der Waals surface area (Å²) in [5.74, 6) is -0.0743. The molecule has 2 N–H and O–H groups in total. The number of carbonyl (C=O) groups excluding carboxylic acids is 1. The highest BCUT2D eigenvalue weighted by atomic mass is 35.5. The first kappa shape index (κ1) is 13.9. The molecule has 0 aliphatic rings. The van der Waals surface area contributed by atoms with Crippen molar-refractivity contribution in [2.75, 3.05) is 5.32 Å². The van der Waals surface area contributed by atoms with Crippen molar-refractivity contribution < 1.29 is 14.6 Å². The molecule has 0 radical (unpaired) electrons. The highest BCUT2D eigenvalue weighted by Gasteiger charge is 2.18. The molecule has 1 aromatic rings. The van der Waals surface area contributed by atoms with E-state index in [1.54, 1.807) is 20.8 Å². The van der Waals surface area contributed by atoms with Crippen LogP contribution in [0.25, 0.3) is 0 Å². The molecule has 0 saturated carbocycles. The molecule has 4 nitrogen and oxygen atoms in total. The molecule has 94 valence electrons. The molecule has 1 aromatic carbocycles. The summed E-state index contributed by atoms with van der Waals surface area (Å²) in [5.41, 5.74) is -0.402. The number of nitrogens with one attached hydrogen (secondary N) is 1. The first-order valence-electron chi connectivity index (χ1n) is 4.87. The van der Waals surface area contributed by atoms with Gasteiger partial charge >= 0.3 is 6.09 Å². The molecule has 17 heavy (non-hydrogen) atoms. The van der Waals surface area contributed by atoms with E-state index in [1.165, 1.54) is 12.1 Å². The van der Waals surface area contributed by atoms with Crippen molar-refractivity contribution in [1.29, 1.82) is 0 Å². The van der Waals surface area contributed by atoms with Crippen LogP contribution >= 0.6 is 23.2 Å². The topological polar surface area (TPSA) is 58.6 Å². The number of halogens is 2. The van der Waals surface area contributed by atoms with Gasteiger partial charge in [-0.05, 0) is 20.8 Å². The van der Waals surface area contributed by atoms with Crippen molar-refractivity contribution in [2.24, 2.45) is 0 Å². The first-order chi connectivity index (χ1) is 7.69. The lowest BCUT2D eigenvalue weighted by molar-refractivity contribution is 0.0636. The Balaban J connectivity index is 2.86. The Bertz CT molecular complexity index is 418. The van der Waals surface area contributed by atoms with E-state index in [-0.39, 0.29) is 21.5 Å². The molecule has 0 bridgehead atoms. The number of anilines is 1. The second-order valence-corrected chi connectivity index (χ2v) is 5.23. The van der Waals surface area contributed by atoms with E-state index in [0.717, 1.165) is 0 Å². The summed E-state index contributed by atoms with van der Waals surface area (Å²) in [5, 5.41) is 11.9. The SMILES string of the molecule is CC(C)(C)OC(=O)Nc1c(Cl)cc(O)cc1Cl. The first-order valence-corrected chi connectivity index (χ1v) is 5.62. The fourth-order valence-electron chi connectivity index (χ4n) is 1.08. The van der Waals surface area contributed by atoms with E-state index in [9.17, 15) is 9.90 Å². The molecular weight excluding hydrogens is 265 g/mol. The number of hydrogen-bond acceptors (Lipinski definition) is 3. The maximum absolute atomic E-state index is 11.5. The van der Waals surface area contributed by atoms with Gasteiger partial charge in [-0.15, -0.1) is 0 Å². The predicted octanol–water partition coefficient (Wildman–Crippen LogP) is 4.05. The highest BCUT2D eigenvalue weighted by Crippen LogP contribution is 2.34. The molecule has 6 heteroatoms. The van der Waals surface area contributed by atoms with Crippen LogP contribution in [-0.2, 0) is 4.74 Å². The van der Waals surface area contributed by atoms with Gasteiger partial charge in [-0.3, -0.25) is 5.32 Å². The second-order valence-electron chi connectivity index (χ2n) is 4.41. The Morgan fingerprint density at radius 1 is 1.29 bits per heavy atom. The van der Waals surface area contributed by atoms with Crippen LogP contribution < -0.4 is 5.32 Å². The van der Waals surface area contributed by atoms with E-state index in [4.69, 9.17) is 27.9 Å². The second kappa shape index (κ2) is 5.02. The summed E-state index contributed by atoms with van der Waals surface area (Å²) >= 11 is 11.7. The number of hydrogen-bond donors (Lipinski definition) is 2. The van der Waals surface area contributed by atoms with Gasteiger partial charge in [0.1, 0.15) is 11.4 Å². The molecule has 0 fully saturated rings. The van der Waals surface area contributed by atoms with Gasteiger partial charge in [0.15, 0.2) is 0 Å². The van der Waals surface area contributed by atoms with Crippen LogP contribution in [0.15, 0.2) is 12.1 Å². The quantitative estimate of drug-likeness (QED) is 0.762. The Hall–Kier alpha value is -1.13. The number of carbonyl (C=O) groups is 1. The van der Waals surface area contributed by atoms with Crippen molar-refractivity contribution in [3.05, 3.63) is 22.2 Å². The van der Waals surface area contributed by atoms with Gasteiger partial charge in [0.05, 0.1) is 15.7 Å². The van der Waals surface area contributed by atoms with E-state index >= 15 is 0 Å². The molecular formula is C11H13Cl2NO3. The fraction of sp³-hybridized carbons (Fsp3) is 0.364. The van der Waals surface area contributed by atoms with Gasteiger partial charge in [0, 0.05) is 12.1 Å². The minimum Gasteiger partial charge on any atom is -0.508 e. The summed E-state index contributed by atoms with van der Waals surface area (Å²) in [6.07, 6.45) is -0.660. The molecule has 0 aliphatic carbocycles. The third kappa shape index (κ3) is 4.32. The van der Waals surface area contributed by atoms with Crippen LogP contribution in [0.2, 0.25) is 10.0 Å². The molecule has 0 atom stereocenters. The number of phenolic OH excluding ortho intramolecular Hbond substituents is 1. The molecule has 1 rings (SSSR count). The number of amides is 1. The molecule has 0 heterocycles. The van der Waals surface area contributed by atoms with E-state index in [0.29, 0.717) is 0 Å². The van der Waals surface area contributed by atoms with Crippen molar-refractivity contribution in [2.45, 2.75) is 26.4 Å². The Morgan fingerprint density at radius 2 is 1.76 bits per heavy atom. The monoisotopic (exact) mass is 277 g/mol. The Kier molecular flexibility index (Phi) is 4.11. The molecule has 0 saturated heterocycles. The lowest BCUT2D eigenvalue weighted by atomic mass is 10.2. The average molecular weight is 278 g/mol. The number of benzene rings is 1. The van der Waals surface area contributed by atoms with Crippen molar-refractivity contribution in [3.8, 4) is 5.75 Å². The van der Waals surface area contributed by atoms with Crippen LogP contribution in [0.4, 0.5) is 10.5 Å². The van der Waals surface area contributed by atoms with Crippen LogP contribution in [0.5, 0.6) is 5.75 Å². The third-order valence-electron chi connectivity index (χ3n) is 1.65. The third-order valence-corrected chi connectivity index (χ3v) is 2.25. The number of rotatable bonds is 1. The zero-order chi connectivity index (χ0) is 13.2. The fourth-order valence-corrected chi connectivity index (χ4v) is 1.65. The minimum absolute atomic E-state index is 0.0743. The van der Waals surface area contributed by atoms with Crippen molar-refractivity contribution in [3.63, 3.8) is 0 Å². The summed E-state index contributed by atoms with van der Waals surface area (Å²) < 4.78 is 5.05. The molecule has 0 aromatic heterocycles. The Morgan fingerprint density at radius 3 is 2.18 bits per heavy atom. The van der Waals surface area contributed by atoms with E-state index in [1.807, 2.05) is 0 Å². The standard InChI is InChI=1S/C11H13Cl2NO3/c1-11(2,3)17-10(16)14-9-7(12)4-6(15)5-8(9)13/h4-5,15H,1-3H3,(H,14,16). The smallest absolute Gasteiger partial charge is 0.412 e. The van der Waals surface area contributed by atoms with E-state index in [2.05, 4.69) is 5.32 Å². The molecule has 1 amide bonds. The summed E-state index contributed by atoms with van der Waals surface area (Å²) in [7, 11) is 0. The largest absolute Gasteiger partial charge is 0.508 e. The normalized spacial score (nSPS) is 11.1. The van der Waals surface area contributed by atoms with Gasteiger partial charge < -0.3 is 9.84 Å². The Labute approximate surface area is 109 Å². The van der Waals surface area contributed by atoms with Crippen molar-refractivity contribution in [1.82, 2.24) is 0 Å². The summed E-state index contributed by atoms with van der Waals surface area (Å²) in [6, 6.07) is 2.56. The number of aromatic hydroxyl groups is 1. The highest BCUT2D eigenvalue weighted by molar-refractivity contribution is 6.39. The van der Waals surface area contributed by atoms with Gasteiger partial charge in [0.2, 0.25) is 0 Å². The molecule has 0 unspecified atom stereocenters. The molecule has 0 aliphatic heterocycles. The van der Waals surface area contributed by atoms with E-state index < -0.39 is 11.7 Å². The van der Waals surface area contributed by atoms with Gasteiger partial charge in [0.25, 0.3) is 0 Å². The maximum Gasteiger partial charge on any atom is 0.412 e. The van der Waals surface area contributed by atoms with Crippen LogP contribution in [0, 0.1) is 0 Å². The van der Waals surface area contributed by atoms with Crippen LogP contribution in [0.3, 0.4) is 0 Å². The van der Waals surface area contributed by atoms with Gasteiger partial charge in [-0.1, -0.05) is 23.2 Å². The summed E-state index contributed by atoms with van der Waals surface area (Å²) in [6.45, 7) is 5.23. The summed E-state index contributed by atoms with van der Waals surface area (Å²) in [4.78, 5) is 11.5. The van der Waals surface area contributed by atoms with Crippen molar-refractivity contribution >= 4 is 35.0 Å². The number of phenols is 1.